The zero-order valence-corrected chi connectivity index (χ0v) is 17.8. The van der Waals surface area contributed by atoms with Crippen molar-refractivity contribution in [3.8, 4) is 17.4 Å². The third-order valence-electron chi connectivity index (χ3n) is 3.38. The molecule has 2 aromatic rings. The second-order valence-corrected chi connectivity index (χ2v) is 5.36. The predicted octanol–water partition coefficient (Wildman–Crippen LogP) is 3.97. The first-order chi connectivity index (χ1) is 12.2. The van der Waals surface area contributed by atoms with Gasteiger partial charge in [-0.1, -0.05) is 6.92 Å². The van der Waals surface area contributed by atoms with Crippen LogP contribution in [0.3, 0.4) is 0 Å². The summed E-state index contributed by atoms with van der Waals surface area (Å²) in [5.41, 5.74) is 1.07. The highest BCUT2D eigenvalue weighted by atomic mass is 127. The molecule has 0 aliphatic carbocycles. The van der Waals surface area contributed by atoms with Gasteiger partial charge in [0.15, 0.2) is 5.96 Å². The maximum absolute atomic E-state index is 5.81. The third-order valence-corrected chi connectivity index (χ3v) is 3.38. The van der Waals surface area contributed by atoms with Crippen LogP contribution < -0.4 is 20.1 Å². The molecule has 0 radical (unpaired) electrons. The Morgan fingerprint density at radius 3 is 2.46 bits per heavy atom. The van der Waals surface area contributed by atoms with Gasteiger partial charge in [0.2, 0.25) is 5.88 Å². The molecule has 0 spiro atoms. The number of hydrogen-bond acceptors (Lipinski definition) is 4. The van der Waals surface area contributed by atoms with Crippen molar-refractivity contribution in [2.24, 2.45) is 4.99 Å². The van der Waals surface area contributed by atoms with Gasteiger partial charge in [0.25, 0.3) is 0 Å². The molecule has 1 aromatic carbocycles. The van der Waals surface area contributed by atoms with Gasteiger partial charge in [-0.05, 0) is 49.2 Å². The van der Waals surface area contributed by atoms with Crippen LogP contribution in [0.5, 0.6) is 17.4 Å². The van der Waals surface area contributed by atoms with Gasteiger partial charge in [0.1, 0.15) is 11.5 Å². The van der Waals surface area contributed by atoms with Crippen LogP contribution in [0.4, 0.5) is 0 Å². The molecule has 6 nitrogen and oxygen atoms in total. The van der Waals surface area contributed by atoms with Crippen molar-refractivity contribution < 1.29 is 9.47 Å². The lowest BCUT2D eigenvalue weighted by molar-refractivity contribution is 0.339. The summed E-state index contributed by atoms with van der Waals surface area (Å²) >= 11 is 0. The molecule has 0 amide bonds. The highest BCUT2D eigenvalue weighted by molar-refractivity contribution is 14.0. The molecule has 142 valence electrons. The maximum atomic E-state index is 5.81. The van der Waals surface area contributed by atoms with Crippen molar-refractivity contribution in [3.05, 3.63) is 48.2 Å². The van der Waals surface area contributed by atoms with E-state index in [1.807, 2.05) is 43.3 Å². The zero-order valence-electron chi connectivity index (χ0n) is 15.5. The number of hydrogen-bond donors (Lipinski definition) is 2. The van der Waals surface area contributed by atoms with E-state index in [9.17, 15) is 0 Å². The number of nitrogens with one attached hydrogen (secondary N) is 2. The van der Waals surface area contributed by atoms with E-state index < -0.39 is 0 Å². The number of halogens is 1. The van der Waals surface area contributed by atoms with Crippen molar-refractivity contribution in [2.75, 3.05) is 20.2 Å². The van der Waals surface area contributed by atoms with Gasteiger partial charge in [-0.15, -0.1) is 24.0 Å². The van der Waals surface area contributed by atoms with Gasteiger partial charge < -0.3 is 20.1 Å². The molecule has 0 aliphatic rings. The Hall–Kier alpha value is -2.03. The molecule has 7 heteroatoms. The summed E-state index contributed by atoms with van der Waals surface area (Å²) < 4.78 is 11.2. The average Bonchev–Trinajstić information content (AvgIpc) is 2.64. The number of guanidine groups is 1. The molecule has 0 saturated carbocycles. The van der Waals surface area contributed by atoms with Crippen molar-refractivity contribution in [1.29, 1.82) is 0 Å². The van der Waals surface area contributed by atoms with Crippen molar-refractivity contribution in [1.82, 2.24) is 15.6 Å². The Morgan fingerprint density at radius 2 is 1.81 bits per heavy atom. The van der Waals surface area contributed by atoms with Crippen LogP contribution in [0, 0.1) is 0 Å². The van der Waals surface area contributed by atoms with Gasteiger partial charge in [0.05, 0.1) is 6.61 Å². The Labute approximate surface area is 172 Å². The minimum Gasteiger partial charge on any atom is -0.494 e. The van der Waals surface area contributed by atoms with Gasteiger partial charge in [-0.2, -0.15) is 0 Å². The zero-order chi connectivity index (χ0) is 17.9. The van der Waals surface area contributed by atoms with Crippen LogP contribution >= 0.6 is 24.0 Å². The van der Waals surface area contributed by atoms with E-state index in [-0.39, 0.29) is 24.0 Å². The highest BCUT2D eigenvalue weighted by Crippen LogP contribution is 2.23. The fourth-order valence-corrected chi connectivity index (χ4v) is 2.16. The Balaban J connectivity index is 0.00000338. The molecule has 0 fully saturated rings. The summed E-state index contributed by atoms with van der Waals surface area (Å²) in [5.74, 6) is 2.89. The van der Waals surface area contributed by atoms with E-state index in [1.54, 1.807) is 13.2 Å². The summed E-state index contributed by atoms with van der Waals surface area (Å²) in [6.45, 7) is 6.26. The predicted molar refractivity (Wildman–Crippen MR) is 116 cm³/mol. The normalized spacial score (nSPS) is 10.7. The van der Waals surface area contributed by atoms with E-state index in [2.05, 4.69) is 27.5 Å². The van der Waals surface area contributed by atoms with Crippen molar-refractivity contribution >= 4 is 29.9 Å². The van der Waals surface area contributed by atoms with Crippen LogP contribution in [0.15, 0.2) is 47.6 Å². The molecular weight excluding hydrogens is 443 g/mol. The summed E-state index contributed by atoms with van der Waals surface area (Å²) in [6.07, 6.45) is 2.79. The molecular formula is C19H27IN4O2. The lowest BCUT2D eigenvalue weighted by Crippen LogP contribution is -2.37. The maximum Gasteiger partial charge on any atom is 0.219 e. The summed E-state index contributed by atoms with van der Waals surface area (Å²) in [4.78, 5) is 8.45. The Bertz CT molecular complexity index is 677. The van der Waals surface area contributed by atoms with E-state index >= 15 is 0 Å². The van der Waals surface area contributed by atoms with Gasteiger partial charge >= 0.3 is 0 Å². The summed E-state index contributed by atoms with van der Waals surface area (Å²) in [5, 5.41) is 6.51. The molecule has 2 rings (SSSR count). The van der Waals surface area contributed by atoms with E-state index in [0.717, 1.165) is 36.0 Å². The fraction of sp³-hybridized carbons (Fsp3) is 0.368. The average molecular weight is 470 g/mol. The Kier molecular flexibility index (Phi) is 10.5. The number of ether oxygens (including phenoxy) is 2. The molecule has 2 N–H and O–H groups in total. The quantitative estimate of drug-likeness (QED) is 0.347. The molecule has 1 heterocycles. The second-order valence-electron chi connectivity index (χ2n) is 5.36. The number of aliphatic imine (C=N–C) groups is 1. The number of pyridine rings is 1. The van der Waals surface area contributed by atoms with Crippen LogP contribution in [0.2, 0.25) is 0 Å². The van der Waals surface area contributed by atoms with Gasteiger partial charge in [0, 0.05) is 32.4 Å². The number of aromatic nitrogens is 1. The molecule has 0 saturated heterocycles. The minimum atomic E-state index is 0. The topological polar surface area (TPSA) is 67.8 Å². The first-order valence-electron chi connectivity index (χ1n) is 8.55. The van der Waals surface area contributed by atoms with Gasteiger partial charge in [-0.3, -0.25) is 4.99 Å². The number of benzene rings is 1. The Morgan fingerprint density at radius 1 is 1.08 bits per heavy atom. The van der Waals surface area contributed by atoms with Gasteiger partial charge in [-0.25, -0.2) is 4.98 Å². The lowest BCUT2D eigenvalue weighted by atomic mass is 10.2. The SMILES string of the molecule is CCCNC(=NC)NCc1ccnc(Oc2ccc(OCC)cc2)c1.I. The minimum absolute atomic E-state index is 0. The molecule has 0 aliphatic heterocycles. The smallest absolute Gasteiger partial charge is 0.219 e. The summed E-state index contributed by atoms with van der Waals surface area (Å²) in [6, 6.07) is 11.4. The third kappa shape index (κ3) is 7.47. The van der Waals surface area contributed by atoms with E-state index in [1.165, 1.54) is 0 Å². The van der Waals surface area contributed by atoms with Crippen LogP contribution in [0.25, 0.3) is 0 Å². The molecule has 0 atom stereocenters. The number of nitrogens with zero attached hydrogens (tertiary/aromatic N) is 2. The fourth-order valence-electron chi connectivity index (χ4n) is 2.16. The molecule has 0 bridgehead atoms. The first-order valence-corrected chi connectivity index (χ1v) is 8.55. The standard InChI is InChI=1S/C19H26N4O2.HI/c1-4-11-22-19(20-3)23-14-15-10-12-21-18(13-15)25-17-8-6-16(7-9-17)24-5-2;/h6-10,12-13H,4-5,11,14H2,1-3H3,(H2,20,22,23);1H. The highest BCUT2D eigenvalue weighted by Gasteiger charge is 2.03. The van der Waals surface area contributed by atoms with Crippen LogP contribution in [-0.2, 0) is 6.54 Å². The van der Waals surface area contributed by atoms with E-state index in [0.29, 0.717) is 19.0 Å². The van der Waals surface area contributed by atoms with E-state index in [4.69, 9.17) is 9.47 Å². The first kappa shape index (κ1) is 22.0. The second kappa shape index (κ2) is 12.3. The van der Waals surface area contributed by atoms with Crippen LogP contribution in [-0.4, -0.2) is 31.1 Å². The monoisotopic (exact) mass is 470 g/mol. The van der Waals surface area contributed by atoms with Crippen molar-refractivity contribution in [2.45, 2.75) is 26.8 Å². The molecule has 1 aromatic heterocycles. The van der Waals surface area contributed by atoms with Crippen molar-refractivity contribution in [3.63, 3.8) is 0 Å². The molecule has 26 heavy (non-hydrogen) atoms. The number of rotatable bonds is 8. The summed E-state index contributed by atoms with van der Waals surface area (Å²) in [7, 11) is 1.76. The van der Waals surface area contributed by atoms with Crippen LogP contribution in [0.1, 0.15) is 25.8 Å². The lowest BCUT2D eigenvalue weighted by Gasteiger charge is -2.12. The largest absolute Gasteiger partial charge is 0.494 e. The molecule has 0 unspecified atom stereocenters.